The molecule has 1 unspecified atom stereocenters. The number of phenolic OH excluding ortho intramolecular Hbond substituents is 1. The normalized spacial score (nSPS) is 17.2. The van der Waals surface area contributed by atoms with Crippen molar-refractivity contribution < 1.29 is 28.6 Å². The van der Waals surface area contributed by atoms with Crippen molar-refractivity contribution in [3.8, 4) is 11.5 Å². The number of nitrogens with zero attached hydrogens (tertiary/aromatic N) is 1. The summed E-state index contributed by atoms with van der Waals surface area (Å²) < 4.78 is 25.4. The average molecular weight is 548 g/mol. The number of allylic oxidation sites excluding steroid dienone is 4. The molecule has 0 spiro atoms. The first kappa shape index (κ1) is 29.1. The third kappa shape index (κ3) is 6.30. The Bertz CT molecular complexity index is 1400. The minimum absolute atomic E-state index is 0.159. The summed E-state index contributed by atoms with van der Waals surface area (Å²) >= 11 is 0. The van der Waals surface area contributed by atoms with Crippen LogP contribution >= 0.6 is 0 Å². The number of aromatic hydroxyl groups is 1. The molecule has 1 atom stereocenters. The molecule has 0 radical (unpaired) electrons. The van der Waals surface area contributed by atoms with Gasteiger partial charge in [-0.05, 0) is 119 Å². The number of hydrogen-bond acceptors (Lipinski definition) is 5. The molecular weight excluding hydrogens is 509 g/mol. The molecule has 1 N–H and O–H groups in total. The van der Waals surface area contributed by atoms with E-state index in [2.05, 4.69) is 0 Å². The second kappa shape index (κ2) is 11.7. The van der Waals surface area contributed by atoms with E-state index in [-0.39, 0.29) is 29.4 Å². The number of halogens is 1. The lowest BCUT2D eigenvalue weighted by molar-refractivity contribution is -0.143. The zero-order valence-electron chi connectivity index (χ0n) is 24.1. The fraction of sp³-hybridized carbons (Fsp3) is 0.394. The maximum absolute atomic E-state index is 14.2. The first-order chi connectivity index (χ1) is 18.9. The number of carbonyl (C=O) groups is 2. The average Bonchev–Trinajstić information content (AvgIpc) is 3.11. The number of rotatable bonds is 6. The lowest BCUT2D eigenvalue weighted by Gasteiger charge is -2.34. The maximum atomic E-state index is 14.2. The van der Waals surface area contributed by atoms with E-state index in [1.807, 2.05) is 71.0 Å². The number of benzene rings is 2. The minimum atomic E-state index is -0.837. The monoisotopic (exact) mass is 547 g/mol. The second-order valence-corrected chi connectivity index (χ2v) is 11.7. The summed E-state index contributed by atoms with van der Waals surface area (Å²) in [5.74, 6) is -0.610. The lowest BCUT2D eigenvalue weighted by Crippen LogP contribution is -2.37. The Morgan fingerprint density at radius 2 is 1.85 bits per heavy atom. The summed E-state index contributed by atoms with van der Waals surface area (Å²) in [5.41, 5.74) is 3.78. The highest BCUT2D eigenvalue weighted by atomic mass is 19.1. The number of esters is 1. The molecule has 2 aromatic rings. The van der Waals surface area contributed by atoms with E-state index < -0.39 is 17.0 Å². The van der Waals surface area contributed by atoms with E-state index in [0.29, 0.717) is 17.9 Å². The molecule has 0 aliphatic heterocycles. The van der Waals surface area contributed by atoms with Crippen LogP contribution in [0.3, 0.4) is 0 Å². The molecule has 2 aliphatic carbocycles. The molecule has 0 saturated carbocycles. The van der Waals surface area contributed by atoms with Crippen LogP contribution < -0.4 is 4.74 Å². The molecule has 0 saturated heterocycles. The van der Waals surface area contributed by atoms with Crippen molar-refractivity contribution in [3.05, 3.63) is 94.2 Å². The van der Waals surface area contributed by atoms with Crippen LogP contribution in [0.4, 0.5) is 4.39 Å². The number of ether oxygens (including phenoxy) is 2. The van der Waals surface area contributed by atoms with Crippen molar-refractivity contribution in [3.63, 3.8) is 0 Å². The number of phenols is 1. The van der Waals surface area contributed by atoms with Gasteiger partial charge < -0.3 is 19.5 Å². The predicted octanol–water partition coefficient (Wildman–Crippen LogP) is 6.88. The van der Waals surface area contributed by atoms with Gasteiger partial charge in [-0.25, -0.2) is 4.39 Å². The van der Waals surface area contributed by atoms with Gasteiger partial charge in [-0.1, -0.05) is 12.1 Å². The molecule has 2 aliphatic rings. The molecule has 2 aromatic carbocycles. The number of amides is 1. The zero-order chi connectivity index (χ0) is 29.2. The molecule has 0 bridgehead atoms. The third-order valence-electron chi connectivity index (χ3n) is 7.37. The Hall–Kier alpha value is -3.87. The zero-order valence-corrected chi connectivity index (χ0v) is 24.1. The van der Waals surface area contributed by atoms with Crippen molar-refractivity contribution in [2.24, 2.45) is 11.3 Å². The number of aryl methyl sites for hydroxylation is 1. The summed E-state index contributed by atoms with van der Waals surface area (Å²) in [6.45, 7) is 9.34. The standard InChI is InChI=1S/C33H38FNO5/c1-20(2)35(31(37)24-13-15-30(36)28(34)18-24)29-19-25(39-6)8-7-9-27(29)23-11-10-22-17-26(14-12-21(22)16-23)40-32(38)33(3,4)5/h7-8,12-15,17-20,23,36H,9-11,16H2,1-6H3. The van der Waals surface area contributed by atoms with E-state index in [9.17, 15) is 19.1 Å². The predicted molar refractivity (Wildman–Crippen MR) is 152 cm³/mol. The fourth-order valence-corrected chi connectivity index (χ4v) is 5.16. The third-order valence-corrected chi connectivity index (χ3v) is 7.37. The molecule has 7 heteroatoms. The van der Waals surface area contributed by atoms with Gasteiger partial charge in [-0.3, -0.25) is 9.59 Å². The molecule has 0 heterocycles. The number of hydrogen-bond donors (Lipinski definition) is 1. The van der Waals surface area contributed by atoms with E-state index in [0.717, 1.165) is 42.2 Å². The van der Waals surface area contributed by atoms with Crippen LogP contribution in [-0.2, 0) is 22.4 Å². The van der Waals surface area contributed by atoms with Crippen molar-refractivity contribution in [2.45, 2.75) is 66.3 Å². The van der Waals surface area contributed by atoms with Gasteiger partial charge >= 0.3 is 5.97 Å². The first-order valence-corrected chi connectivity index (χ1v) is 13.7. The van der Waals surface area contributed by atoms with Crippen LogP contribution in [0.5, 0.6) is 11.5 Å². The molecule has 0 fully saturated rings. The van der Waals surface area contributed by atoms with Gasteiger partial charge in [0.2, 0.25) is 0 Å². The number of methoxy groups -OCH3 is 1. The summed E-state index contributed by atoms with van der Waals surface area (Å²) in [6.07, 6.45) is 8.92. The van der Waals surface area contributed by atoms with Gasteiger partial charge in [0.05, 0.1) is 12.5 Å². The highest BCUT2D eigenvalue weighted by molar-refractivity contribution is 5.96. The second-order valence-electron chi connectivity index (χ2n) is 11.7. The van der Waals surface area contributed by atoms with Crippen molar-refractivity contribution in [1.29, 1.82) is 0 Å². The van der Waals surface area contributed by atoms with Crippen LogP contribution in [0.25, 0.3) is 0 Å². The Morgan fingerprint density at radius 1 is 1.10 bits per heavy atom. The molecule has 40 heavy (non-hydrogen) atoms. The van der Waals surface area contributed by atoms with E-state index in [4.69, 9.17) is 9.47 Å². The van der Waals surface area contributed by atoms with Crippen molar-refractivity contribution >= 4 is 11.9 Å². The summed E-state index contributed by atoms with van der Waals surface area (Å²) in [5, 5.41) is 9.65. The molecule has 0 aromatic heterocycles. The van der Waals surface area contributed by atoms with Crippen LogP contribution in [0, 0.1) is 17.2 Å². The summed E-state index contributed by atoms with van der Waals surface area (Å²) in [6, 6.07) is 9.32. The lowest BCUT2D eigenvalue weighted by atomic mass is 9.78. The molecule has 212 valence electrons. The maximum Gasteiger partial charge on any atom is 0.316 e. The van der Waals surface area contributed by atoms with Crippen LogP contribution in [0.1, 0.15) is 68.9 Å². The van der Waals surface area contributed by atoms with Crippen LogP contribution in [0.2, 0.25) is 0 Å². The van der Waals surface area contributed by atoms with E-state index in [1.165, 1.54) is 17.7 Å². The van der Waals surface area contributed by atoms with E-state index >= 15 is 0 Å². The molecule has 4 rings (SSSR count). The highest BCUT2D eigenvalue weighted by Crippen LogP contribution is 2.38. The molecular formula is C33H38FNO5. The van der Waals surface area contributed by atoms with Gasteiger partial charge in [0.1, 0.15) is 11.5 Å². The Kier molecular flexibility index (Phi) is 8.52. The summed E-state index contributed by atoms with van der Waals surface area (Å²) in [7, 11) is 1.59. The van der Waals surface area contributed by atoms with Gasteiger partial charge in [0.25, 0.3) is 5.91 Å². The Labute approximate surface area is 235 Å². The number of fused-ring (bicyclic) bond motifs is 1. The van der Waals surface area contributed by atoms with Crippen molar-refractivity contribution in [2.75, 3.05) is 7.11 Å². The minimum Gasteiger partial charge on any atom is -0.505 e. The quantitative estimate of drug-likeness (QED) is 0.315. The van der Waals surface area contributed by atoms with Gasteiger partial charge in [-0.2, -0.15) is 0 Å². The largest absolute Gasteiger partial charge is 0.505 e. The summed E-state index contributed by atoms with van der Waals surface area (Å²) in [4.78, 5) is 27.9. The van der Waals surface area contributed by atoms with Crippen molar-refractivity contribution in [1.82, 2.24) is 4.90 Å². The Morgan fingerprint density at radius 3 is 2.50 bits per heavy atom. The topological polar surface area (TPSA) is 76.1 Å². The van der Waals surface area contributed by atoms with Crippen LogP contribution in [-0.4, -0.2) is 35.0 Å². The molecule has 1 amide bonds. The Balaban J connectivity index is 1.71. The first-order valence-electron chi connectivity index (χ1n) is 13.7. The van der Waals surface area contributed by atoms with E-state index in [1.54, 1.807) is 12.0 Å². The highest BCUT2D eigenvalue weighted by Gasteiger charge is 2.31. The van der Waals surface area contributed by atoms with Crippen LogP contribution in [0.15, 0.2) is 71.7 Å². The number of carbonyl (C=O) groups excluding carboxylic acids is 2. The van der Waals surface area contributed by atoms with Gasteiger partial charge in [0.15, 0.2) is 11.6 Å². The smallest absolute Gasteiger partial charge is 0.316 e. The molecule has 6 nitrogen and oxygen atoms in total. The van der Waals surface area contributed by atoms with Gasteiger partial charge in [-0.15, -0.1) is 0 Å². The van der Waals surface area contributed by atoms with Gasteiger partial charge in [0, 0.05) is 23.4 Å². The SMILES string of the molecule is COC1=CC(N(C(=O)c2ccc(O)c(F)c2)C(C)C)=C(C2CCc3cc(OC(=O)C(C)(C)C)ccc3C2)CC=C1. The fourth-order valence-electron chi connectivity index (χ4n) is 5.16.